The van der Waals surface area contributed by atoms with Crippen molar-refractivity contribution in [3.05, 3.63) is 65.2 Å². The summed E-state index contributed by atoms with van der Waals surface area (Å²) in [5.41, 5.74) is 1.87. The highest BCUT2D eigenvalue weighted by Crippen LogP contribution is 2.28. The van der Waals surface area contributed by atoms with Gasteiger partial charge in [0.1, 0.15) is 0 Å². The standard InChI is InChI=1S/C21H21F3N4O4S/c22-21(23,24)17-7-3-15(4-8-17)13-26-27-19(29)14-25-20(30)16-5-9-18(10-6-16)33(31,32)28-11-1-2-12-28/h3-10,13H,1-2,11-12,14H2,(H,25,30)(H,27,29). The fourth-order valence-corrected chi connectivity index (χ4v) is 4.61. The van der Waals surface area contributed by atoms with E-state index in [9.17, 15) is 31.2 Å². The van der Waals surface area contributed by atoms with Gasteiger partial charge in [0, 0.05) is 18.7 Å². The molecule has 0 atom stereocenters. The van der Waals surface area contributed by atoms with E-state index in [2.05, 4.69) is 15.8 Å². The van der Waals surface area contributed by atoms with Gasteiger partial charge in [0.25, 0.3) is 11.8 Å². The van der Waals surface area contributed by atoms with Crippen LogP contribution in [0.2, 0.25) is 0 Å². The zero-order valence-corrected chi connectivity index (χ0v) is 18.1. The first-order chi connectivity index (χ1) is 15.6. The molecule has 3 rings (SSSR count). The van der Waals surface area contributed by atoms with E-state index < -0.39 is 40.1 Å². The molecule has 33 heavy (non-hydrogen) atoms. The Hall–Kier alpha value is -3.25. The number of benzene rings is 2. The Labute approximate surface area is 188 Å². The minimum atomic E-state index is -4.44. The average molecular weight is 482 g/mol. The number of hydrogen-bond acceptors (Lipinski definition) is 5. The molecule has 1 fully saturated rings. The van der Waals surface area contributed by atoms with Crippen LogP contribution in [0.1, 0.15) is 34.3 Å². The van der Waals surface area contributed by atoms with Gasteiger partial charge in [-0.3, -0.25) is 9.59 Å². The van der Waals surface area contributed by atoms with E-state index in [0.29, 0.717) is 18.7 Å². The van der Waals surface area contributed by atoms with Gasteiger partial charge in [-0.2, -0.15) is 22.6 Å². The molecule has 0 bridgehead atoms. The van der Waals surface area contributed by atoms with E-state index in [0.717, 1.165) is 25.0 Å². The first-order valence-electron chi connectivity index (χ1n) is 9.95. The number of nitrogens with zero attached hydrogens (tertiary/aromatic N) is 2. The molecule has 0 spiro atoms. The number of nitrogens with one attached hydrogen (secondary N) is 2. The topological polar surface area (TPSA) is 108 Å². The van der Waals surface area contributed by atoms with E-state index in [1.54, 1.807) is 0 Å². The number of carbonyl (C=O) groups is 2. The van der Waals surface area contributed by atoms with Crippen LogP contribution in [-0.2, 0) is 21.0 Å². The van der Waals surface area contributed by atoms with E-state index in [-0.39, 0.29) is 10.5 Å². The molecule has 2 aromatic carbocycles. The minimum absolute atomic E-state index is 0.0938. The fraction of sp³-hybridized carbons (Fsp3) is 0.286. The van der Waals surface area contributed by atoms with E-state index in [1.807, 2.05) is 0 Å². The van der Waals surface area contributed by atoms with Crippen molar-refractivity contribution < 1.29 is 31.2 Å². The Morgan fingerprint density at radius 3 is 2.18 bits per heavy atom. The Morgan fingerprint density at radius 2 is 1.61 bits per heavy atom. The summed E-state index contributed by atoms with van der Waals surface area (Å²) in [6.07, 6.45) is -1.64. The molecule has 12 heteroatoms. The molecule has 0 aliphatic carbocycles. The van der Waals surface area contributed by atoms with Crippen LogP contribution in [0, 0.1) is 0 Å². The normalized spacial score (nSPS) is 15.0. The quantitative estimate of drug-likeness (QED) is 0.467. The van der Waals surface area contributed by atoms with Gasteiger partial charge in [0.05, 0.1) is 23.2 Å². The molecule has 1 aliphatic heterocycles. The second-order valence-corrected chi connectivity index (χ2v) is 9.17. The zero-order chi connectivity index (χ0) is 24.1. The predicted molar refractivity (Wildman–Crippen MR) is 114 cm³/mol. The van der Waals surface area contributed by atoms with Crippen LogP contribution < -0.4 is 10.7 Å². The van der Waals surface area contributed by atoms with Crippen molar-refractivity contribution in [3.63, 3.8) is 0 Å². The van der Waals surface area contributed by atoms with Crippen LogP contribution in [0.5, 0.6) is 0 Å². The number of amides is 2. The molecule has 1 aliphatic rings. The average Bonchev–Trinajstić information content (AvgIpc) is 3.33. The Kier molecular flexibility index (Phi) is 7.49. The van der Waals surface area contributed by atoms with Gasteiger partial charge in [-0.1, -0.05) is 12.1 Å². The SMILES string of the molecule is O=C(CNC(=O)c1ccc(S(=O)(=O)N2CCCC2)cc1)NN=Cc1ccc(C(F)(F)F)cc1. The molecule has 0 radical (unpaired) electrons. The highest BCUT2D eigenvalue weighted by Gasteiger charge is 2.30. The molecule has 0 aromatic heterocycles. The third kappa shape index (κ3) is 6.39. The van der Waals surface area contributed by atoms with Crippen molar-refractivity contribution in [2.75, 3.05) is 19.6 Å². The Morgan fingerprint density at radius 1 is 1.00 bits per heavy atom. The number of hydrazone groups is 1. The number of halogens is 3. The van der Waals surface area contributed by atoms with Crippen molar-refractivity contribution in [2.45, 2.75) is 23.9 Å². The van der Waals surface area contributed by atoms with Crippen molar-refractivity contribution in [3.8, 4) is 0 Å². The molecule has 0 unspecified atom stereocenters. The van der Waals surface area contributed by atoms with E-state index >= 15 is 0 Å². The molecule has 8 nitrogen and oxygen atoms in total. The highest BCUT2D eigenvalue weighted by molar-refractivity contribution is 7.89. The monoisotopic (exact) mass is 482 g/mol. The van der Waals surface area contributed by atoms with Crippen molar-refractivity contribution in [1.82, 2.24) is 15.0 Å². The summed E-state index contributed by atoms with van der Waals surface area (Å²) in [5.74, 6) is -1.23. The van der Waals surface area contributed by atoms with Gasteiger partial charge in [-0.15, -0.1) is 0 Å². The second kappa shape index (κ2) is 10.1. The molecular formula is C21H21F3N4O4S. The summed E-state index contributed by atoms with van der Waals surface area (Å²) in [6, 6.07) is 9.60. The van der Waals surface area contributed by atoms with Gasteiger partial charge in [0.2, 0.25) is 10.0 Å². The largest absolute Gasteiger partial charge is 0.416 e. The molecule has 2 N–H and O–H groups in total. The zero-order valence-electron chi connectivity index (χ0n) is 17.3. The summed E-state index contributed by atoms with van der Waals surface area (Å²) >= 11 is 0. The van der Waals surface area contributed by atoms with Gasteiger partial charge in [-0.25, -0.2) is 13.8 Å². The van der Waals surface area contributed by atoms with Crippen LogP contribution in [0.15, 0.2) is 58.5 Å². The van der Waals surface area contributed by atoms with E-state index in [1.165, 1.54) is 46.9 Å². The maximum atomic E-state index is 12.5. The fourth-order valence-electron chi connectivity index (χ4n) is 3.09. The number of alkyl halides is 3. The van der Waals surface area contributed by atoms with Gasteiger partial charge in [-0.05, 0) is 54.8 Å². The minimum Gasteiger partial charge on any atom is -0.343 e. The summed E-state index contributed by atoms with van der Waals surface area (Å²) in [5, 5.41) is 6.01. The maximum absolute atomic E-state index is 12.5. The van der Waals surface area contributed by atoms with Crippen molar-refractivity contribution >= 4 is 28.1 Å². The highest BCUT2D eigenvalue weighted by atomic mass is 32.2. The summed E-state index contributed by atoms with van der Waals surface area (Å²) in [6.45, 7) is 0.541. The van der Waals surface area contributed by atoms with Gasteiger partial charge >= 0.3 is 6.18 Å². The lowest BCUT2D eigenvalue weighted by atomic mass is 10.1. The number of rotatable bonds is 7. The van der Waals surface area contributed by atoms with Gasteiger partial charge < -0.3 is 5.32 Å². The lowest BCUT2D eigenvalue weighted by Crippen LogP contribution is -2.35. The lowest BCUT2D eigenvalue weighted by molar-refractivity contribution is -0.137. The molecular weight excluding hydrogens is 461 g/mol. The Balaban J connectivity index is 1.48. The molecule has 0 saturated carbocycles. The van der Waals surface area contributed by atoms with Crippen LogP contribution in [-0.4, -0.2) is 50.4 Å². The van der Waals surface area contributed by atoms with Crippen LogP contribution in [0.25, 0.3) is 0 Å². The number of hydrogen-bond donors (Lipinski definition) is 2. The third-order valence-corrected chi connectivity index (χ3v) is 6.78. The summed E-state index contributed by atoms with van der Waals surface area (Å²) in [4.78, 5) is 24.1. The van der Waals surface area contributed by atoms with Crippen LogP contribution in [0.4, 0.5) is 13.2 Å². The van der Waals surface area contributed by atoms with E-state index in [4.69, 9.17) is 0 Å². The third-order valence-electron chi connectivity index (χ3n) is 4.87. The first kappa shape index (κ1) is 24.4. The van der Waals surface area contributed by atoms with Crippen LogP contribution in [0.3, 0.4) is 0 Å². The number of sulfonamides is 1. The van der Waals surface area contributed by atoms with Gasteiger partial charge in [0.15, 0.2) is 0 Å². The molecule has 1 heterocycles. The second-order valence-electron chi connectivity index (χ2n) is 7.23. The molecule has 176 valence electrons. The number of carbonyl (C=O) groups excluding carboxylic acids is 2. The van der Waals surface area contributed by atoms with Crippen molar-refractivity contribution in [1.29, 1.82) is 0 Å². The molecule has 2 aromatic rings. The van der Waals surface area contributed by atoms with Crippen molar-refractivity contribution in [2.24, 2.45) is 5.10 Å². The molecule has 2 amide bonds. The predicted octanol–water partition coefficient (Wildman–Crippen LogP) is 2.37. The lowest BCUT2D eigenvalue weighted by Gasteiger charge is -2.15. The first-order valence-corrected chi connectivity index (χ1v) is 11.4. The Bertz CT molecular complexity index is 1130. The maximum Gasteiger partial charge on any atom is 0.416 e. The summed E-state index contributed by atoms with van der Waals surface area (Å²) in [7, 11) is -3.58. The molecule has 1 saturated heterocycles. The smallest absolute Gasteiger partial charge is 0.343 e. The summed E-state index contributed by atoms with van der Waals surface area (Å²) < 4.78 is 64.0. The van der Waals surface area contributed by atoms with Crippen LogP contribution >= 0.6 is 0 Å².